The lowest BCUT2D eigenvalue weighted by Crippen LogP contribution is -2.41. The summed E-state index contributed by atoms with van der Waals surface area (Å²) in [5, 5.41) is 21.7. The van der Waals surface area contributed by atoms with Crippen molar-refractivity contribution in [2.75, 3.05) is 9.86 Å². The first-order valence-electron chi connectivity index (χ1n) is 45.9. The van der Waals surface area contributed by atoms with Crippen LogP contribution in [0.15, 0.2) is 452 Å². The van der Waals surface area contributed by atoms with Gasteiger partial charge < -0.3 is 28.9 Å². The van der Waals surface area contributed by atoms with Gasteiger partial charge in [0.25, 0.3) is 0 Å². The number of fused-ring (bicyclic) bond motifs is 15. The first kappa shape index (κ1) is 101. The summed E-state index contributed by atoms with van der Waals surface area (Å²) in [5.41, 5.74) is 25.1. The molecular weight excluding hydrogens is 2250 g/mol. The number of alkyl halides is 2. The summed E-state index contributed by atoms with van der Waals surface area (Å²) >= 11 is 19.1. The van der Waals surface area contributed by atoms with Crippen LogP contribution >= 0.6 is 134 Å². The minimum Gasteiger partial charge on any atom is -0.450 e. The molecule has 0 saturated carbocycles. The number of aromatic nitrogens is 2. The quantitative estimate of drug-likeness (QED) is 0.0796. The van der Waals surface area contributed by atoms with Crippen LogP contribution in [0, 0.1) is 3.57 Å². The standard InChI is InChI=1S/C48H31NS.C36H32BNO2.C18H11BrS.C12H8BOS.C6H4BrI.2CH3I.B3.H2O/c1-3-13-32(14-4-1)34-23-26-45-41(29-34)42-30-35(33-15-5-2-6-16-33)24-27-46(42)49(45)44-21-11-9-19-39(44)38-18-8-7-17-37(38)36-25-28-48-43(31-36)40-20-10-12-22-47(40)50-48;1-35(2)36(3,4)40-37(39-35)31-17-11-12-18-34(31)38-32-21-19-27(25-13-7-5-8-14-25)23-29(32)30-24-28(20-22-33(30)38)26-15-9-6-10-16-26;19-16-7-3-1-5-13(16)12-9-10-18-15(11-12)14-6-2-4-8-17(14)20-18;14-13-8-5-6-12-10(7-8)9-3-1-2-4-11(9)15-12;7-5-3-1-2-4-6(5)8;2*1-2;1-3-2;/h1-31H;5-24H,1-4H3;1-11H;1-7,14H;1-4H;2*1H3;;1H2. The maximum absolute atomic E-state index is 8.99. The van der Waals surface area contributed by atoms with Crippen molar-refractivity contribution in [1.82, 2.24) is 9.13 Å². The van der Waals surface area contributed by atoms with E-state index in [1.54, 1.807) is 11.3 Å². The molecule has 6 nitrogen and oxygen atoms in total. The average molecular weight is 2340 g/mol. The predicted octanol–water partition coefficient (Wildman–Crippen LogP) is 34.2. The Morgan fingerprint density at radius 1 is 0.284 bits per heavy atom. The Morgan fingerprint density at radius 2 is 0.574 bits per heavy atom. The Balaban J connectivity index is 0.000000132. The van der Waals surface area contributed by atoms with E-state index in [0.717, 1.165) is 46.7 Å². The van der Waals surface area contributed by atoms with Crippen LogP contribution in [0.25, 0.3) is 193 Å². The Bertz CT molecular complexity index is 8290. The van der Waals surface area contributed by atoms with Gasteiger partial charge >= 0.3 is 14.6 Å². The molecule has 0 unspecified atom stereocenters. The molecule has 1 saturated heterocycles. The maximum atomic E-state index is 8.99. The Kier molecular flexibility index (Phi) is 33.3. The Labute approximate surface area is 898 Å². The fraction of sp³-hybridized carbons (Fsp3) is 0.0656. The molecule has 1 aliphatic rings. The summed E-state index contributed by atoms with van der Waals surface area (Å²) in [6, 6.07) is 158. The molecular formula is C122H94B5Br2I3N2O4S3. The molecule has 0 spiro atoms. The van der Waals surface area contributed by atoms with Crippen molar-refractivity contribution in [2.24, 2.45) is 0 Å². The summed E-state index contributed by atoms with van der Waals surface area (Å²) in [6.07, 6.45) is 0. The zero-order valence-corrected chi connectivity index (χ0v) is 90.4. The van der Waals surface area contributed by atoms with Crippen LogP contribution in [0.3, 0.4) is 0 Å². The number of thiophene rings is 3. The third-order valence-electron chi connectivity index (χ3n) is 25.6. The highest BCUT2D eigenvalue weighted by Gasteiger charge is 2.52. The van der Waals surface area contributed by atoms with Crippen molar-refractivity contribution in [3.05, 3.63) is 455 Å². The van der Waals surface area contributed by atoms with E-state index in [1.807, 2.05) is 75.0 Å². The van der Waals surface area contributed by atoms with Crippen LogP contribution in [0.5, 0.6) is 0 Å². The number of hydrogen-bond donors (Lipinski definition) is 1. The van der Waals surface area contributed by atoms with Crippen LogP contribution in [0.1, 0.15) is 27.7 Å². The molecule has 24 aromatic rings. The summed E-state index contributed by atoms with van der Waals surface area (Å²) in [4.78, 5) is 3.94. The first-order chi connectivity index (χ1) is 68.5. The maximum Gasteiger partial charge on any atom is 0.496 e. The minimum absolute atomic E-state index is 0. The second-order valence-corrected chi connectivity index (χ2v) is 40.6. The van der Waals surface area contributed by atoms with Crippen molar-refractivity contribution in [3.8, 4) is 89.3 Å². The van der Waals surface area contributed by atoms with E-state index >= 15 is 0 Å². The molecule has 19 aromatic carbocycles. The highest BCUT2D eigenvalue weighted by molar-refractivity contribution is 14.1. The third kappa shape index (κ3) is 21.7. The number of nitrogens with zero attached hydrogens (tertiary/aromatic N) is 2. The topological polar surface area (TPSA) is 80.1 Å². The SMILES string of the molecule is Brc1ccccc1-c1ccc2sc3ccccc3c2c1.Brc1ccccc1I.CC1(C)OB(c2ccccc2-n2c3ccc(-c4ccccc4)cc3c3cc(-c4ccccc4)ccc32)OC1(C)C.CI.CI.O.O[B]c1ccc2sc3ccccc3c2c1.[B][B][B].c1ccc(-c2ccc3c(c2)c2cc(-c4ccccc4)ccc2n3-c2ccccc2-c2ccccc2-c2ccc3sc4ccccc4c3c2)cc1. The first-order valence-corrected chi connectivity index (χ1v) is 55.4. The summed E-state index contributed by atoms with van der Waals surface area (Å²) in [5.74, 6) is 0. The molecule has 1 aliphatic heterocycles. The molecule has 0 bridgehead atoms. The normalized spacial score (nSPS) is 12.2. The van der Waals surface area contributed by atoms with Crippen molar-refractivity contribution in [1.29, 1.82) is 0 Å². The van der Waals surface area contributed by atoms with E-state index in [1.165, 1.54) is 185 Å². The lowest BCUT2D eigenvalue weighted by atomic mass is 9.40. The molecule has 141 heavy (non-hydrogen) atoms. The van der Waals surface area contributed by atoms with Crippen LogP contribution in [0.4, 0.5) is 0 Å². The molecule has 6 heterocycles. The highest BCUT2D eigenvalue weighted by Crippen LogP contribution is 2.47. The van der Waals surface area contributed by atoms with Gasteiger partial charge in [0.1, 0.15) is 0 Å². The van der Waals surface area contributed by atoms with Crippen LogP contribution < -0.4 is 10.9 Å². The van der Waals surface area contributed by atoms with E-state index < -0.39 is 18.3 Å². The molecule has 684 valence electrons. The van der Waals surface area contributed by atoms with Crippen molar-refractivity contribution >= 4 is 286 Å². The van der Waals surface area contributed by atoms with Gasteiger partial charge in [0.05, 0.1) is 39.0 Å². The monoisotopic (exact) mass is 2340 g/mol. The fourth-order valence-electron chi connectivity index (χ4n) is 18.3. The average Bonchev–Trinajstić information content (AvgIpc) is 1.59. The molecule has 0 amide bonds. The number of rotatable bonds is 11. The molecule has 3 N–H and O–H groups in total. The summed E-state index contributed by atoms with van der Waals surface area (Å²) < 4.78 is 29.4. The predicted molar refractivity (Wildman–Crippen MR) is 650 cm³/mol. The summed E-state index contributed by atoms with van der Waals surface area (Å²) in [7, 11) is 10.7. The Morgan fingerprint density at radius 3 is 0.965 bits per heavy atom. The number of para-hydroxylation sites is 2. The van der Waals surface area contributed by atoms with Gasteiger partial charge in [0, 0.05) is 128 Å². The molecule has 19 heteroatoms. The second kappa shape index (κ2) is 46.4. The number of hydrogen-bond acceptors (Lipinski definition) is 6. The van der Waals surface area contributed by atoms with E-state index in [2.05, 4.69) is 552 Å². The van der Waals surface area contributed by atoms with Gasteiger partial charge in [0.2, 0.25) is 0 Å². The lowest BCUT2D eigenvalue weighted by Gasteiger charge is -2.32. The Hall–Kier alpha value is -11.2. The highest BCUT2D eigenvalue weighted by atomic mass is 127. The van der Waals surface area contributed by atoms with Crippen molar-refractivity contribution in [2.45, 2.75) is 38.9 Å². The third-order valence-corrected chi connectivity index (χ3v) is 32.1. The van der Waals surface area contributed by atoms with Gasteiger partial charge in [-0.15, -0.1) is 34.0 Å². The van der Waals surface area contributed by atoms with E-state index in [4.69, 9.17) is 14.3 Å². The van der Waals surface area contributed by atoms with E-state index in [-0.39, 0.29) is 5.48 Å². The minimum atomic E-state index is -0.458. The zero-order chi connectivity index (χ0) is 97.0. The smallest absolute Gasteiger partial charge is 0.450 e. The molecule has 0 aliphatic carbocycles. The van der Waals surface area contributed by atoms with E-state index in [0.29, 0.717) is 0 Å². The van der Waals surface area contributed by atoms with Crippen LogP contribution in [0.2, 0.25) is 0 Å². The van der Waals surface area contributed by atoms with Gasteiger partial charge in [-0.2, -0.15) is 0 Å². The number of halogens is 5. The van der Waals surface area contributed by atoms with Gasteiger partial charge in [-0.1, -0.05) is 382 Å². The second-order valence-electron chi connectivity index (χ2n) is 34.5. The van der Waals surface area contributed by atoms with Crippen molar-refractivity contribution < 1.29 is 19.8 Å². The number of benzene rings is 19. The van der Waals surface area contributed by atoms with Gasteiger partial charge in [-0.05, 0) is 281 Å². The molecule has 25 rings (SSSR count). The summed E-state index contributed by atoms with van der Waals surface area (Å²) in [6.45, 7) is 8.41. The van der Waals surface area contributed by atoms with Crippen molar-refractivity contribution in [3.63, 3.8) is 0 Å². The van der Waals surface area contributed by atoms with Gasteiger partial charge in [0.15, 0.2) is 0 Å². The fourth-order valence-corrected chi connectivity index (χ4v) is 22.7. The van der Waals surface area contributed by atoms with Crippen LogP contribution in [-0.4, -0.2) is 77.8 Å². The van der Waals surface area contributed by atoms with Gasteiger partial charge in [-0.25, -0.2) is 0 Å². The molecule has 0 atom stereocenters. The molecule has 5 aromatic heterocycles. The molecule has 6 radical (unpaired) electrons. The molecule has 1 fully saturated rings. The lowest BCUT2D eigenvalue weighted by molar-refractivity contribution is 0.00578. The largest absolute Gasteiger partial charge is 0.496 e. The van der Waals surface area contributed by atoms with Gasteiger partial charge in [-0.3, -0.25) is 0 Å². The zero-order valence-electron chi connectivity index (χ0n) is 78.3. The van der Waals surface area contributed by atoms with Crippen LogP contribution in [-0.2, 0) is 9.31 Å². The van der Waals surface area contributed by atoms with E-state index in [9.17, 15) is 0 Å².